The molecule has 5 nitrogen and oxygen atoms in total. The zero-order chi connectivity index (χ0) is 13.8. The van der Waals surface area contributed by atoms with Crippen molar-refractivity contribution >= 4 is 17.2 Å². The van der Waals surface area contributed by atoms with E-state index in [1.54, 1.807) is 0 Å². The smallest absolute Gasteiger partial charge is 0.382 e. The number of nitriles is 1. The fraction of sp³-hybridized carbons (Fsp3) is 0.100. The number of benzene rings is 1. The Hall–Kier alpha value is -2.56. The molecule has 0 heterocycles. The van der Waals surface area contributed by atoms with Crippen molar-refractivity contribution in [2.45, 2.75) is 6.18 Å². The number of rotatable bonds is 3. The van der Waals surface area contributed by atoms with Crippen molar-refractivity contribution in [3.63, 3.8) is 0 Å². The van der Waals surface area contributed by atoms with Gasteiger partial charge in [-0.25, -0.2) is 0 Å². The Balaban J connectivity index is 2.94. The van der Waals surface area contributed by atoms with Gasteiger partial charge < -0.3 is 5.73 Å². The Labute approximate surface area is 100 Å². The Morgan fingerprint density at radius 2 is 2.11 bits per heavy atom. The highest BCUT2D eigenvalue weighted by Crippen LogP contribution is 2.30. The van der Waals surface area contributed by atoms with Crippen LogP contribution in [0, 0.1) is 16.7 Å². The molecule has 0 aliphatic heterocycles. The number of hydrogen-bond acceptors (Lipinski definition) is 4. The number of alkyl halides is 3. The number of nitrogens with two attached hydrogens (primary N) is 1. The molecule has 0 saturated heterocycles. The van der Waals surface area contributed by atoms with Gasteiger partial charge in [-0.15, -0.1) is 0 Å². The van der Waals surface area contributed by atoms with Crippen LogP contribution in [0.3, 0.4) is 0 Å². The molecule has 0 amide bonds. The second-order valence-electron chi connectivity index (χ2n) is 3.18. The van der Waals surface area contributed by atoms with Crippen molar-refractivity contribution in [1.82, 2.24) is 0 Å². The third-order valence-corrected chi connectivity index (χ3v) is 1.85. The summed E-state index contributed by atoms with van der Waals surface area (Å²) in [5, 5.41) is 18.9. The number of hydrogen-bond donors (Lipinski definition) is 3. The van der Waals surface area contributed by atoms with E-state index in [0.29, 0.717) is 0 Å². The average Bonchev–Trinajstić information content (AvgIpc) is 2.28. The summed E-state index contributed by atoms with van der Waals surface area (Å²) in [6, 6.07) is 5.81. The minimum Gasteiger partial charge on any atom is -0.382 e. The fourth-order valence-electron chi connectivity index (χ4n) is 1.03. The maximum absolute atomic E-state index is 12.4. The summed E-state index contributed by atoms with van der Waals surface area (Å²) in [6.07, 6.45) is -4.46. The highest BCUT2D eigenvalue weighted by Gasteiger charge is 2.30. The van der Waals surface area contributed by atoms with E-state index in [1.165, 1.54) is 18.2 Å². The number of amidine groups is 1. The van der Waals surface area contributed by atoms with E-state index in [4.69, 9.17) is 16.4 Å². The molecule has 0 atom stereocenters. The van der Waals surface area contributed by atoms with Gasteiger partial charge in [0, 0.05) is 0 Å². The van der Waals surface area contributed by atoms with E-state index >= 15 is 0 Å². The first-order valence-electron chi connectivity index (χ1n) is 4.60. The SMILES string of the molecule is N#C/C(=N\Nc1cccc(C(F)(F)F)c1)C(=N)N. The monoisotopic (exact) mass is 255 g/mol. The second kappa shape index (κ2) is 5.18. The molecule has 1 rings (SSSR count). The van der Waals surface area contributed by atoms with E-state index in [1.807, 2.05) is 0 Å². The van der Waals surface area contributed by atoms with Crippen molar-refractivity contribution in [3.8, 4) is 6.07 Å². The van der Waals surface area contributed by atoms with Crippen molar-refractivity contribution in [2.24, 2.45) is 10.8 Å². The van der Waals surface area contributed by atoms with Crippen LogP contribution in [-0.2, 0) is 6.18 Å². The first-order valence-corrected chi connectivity index (χ1v) is 4.60. The molecular weight excluding hydrogens is 247 g/mol. The van der Waals surface area contributed by atoms with Crippen LogP contribution in [0.4, 0.5) is 18.9 Å². The van der Waals surface area contributed by atoms with E-state index in [2.05, 4.69) is 10.5 Å². The van der Waals surface area contributed by atoms with Crippen LogP contribution in [0.15, 0.2) is 29.4 Å². The van der Waals surface area contributed by atoms with E-state index in [-0.39, 0.29) is 5.69 Å². The van der Waals surface area contributed by atoms with Gasteiger partial charge in [-0.05, 0) is 18.2 Å². The summed E-state index contributed by atoms with van der Waals surface area (Å²) in [5.41, 5.74) is 6.04. The molecule has 0 saturated carbocycles. The molecular formula is C10H8F3N5. The molecule has 8 heteroatoms. The lowest BCUT2D eigenvalue weighted by molar-refractivity contribution is -0.137. The Bertz CT molecular complexity index is 527. The minimum atomic E-state index is -4.46. The zero-order valence-electron chi connectivity index (χ0n) is 8.92. The normalized spacial score (nSPS) is 11.8. The molecule has 0 aliphatic rings. The van der Waals surface area contributed by atoms with Crippen LogP contribution >= 0.6 is 0 Å². The molecule has 4 N–H and O–H groups in total. The zero-order valence-corrected chi connectivity index (χ0v) is 8.92. The van der Waals surface area contributed by atoms with E-state index < -0.39 is 23.3 Å². The van der Waals surface area contributed by atoms with Crippen LogP contribution in [0.1, 0.15) is 5.56 Å². The maximum atomic E-state index is 12.4. The lowest BCUT2D eigenvalue weighted by Gasteiger charge is -2.08. The van der Waals surface area contributed by atoms with E-state index in [0.717, 1.165) is 12.1 Å². The third kappa shape index (κ3) is 3.48. The Morgan fingerprint density at radius 3 is 2.61 bits per heavy atom. The molecule has 0 bridgehead atoms. The van der Waals surface area contributed by atoms with E-state index in [9.17, 15) is 13.2 Å². The van der Waals surface area contributed by atoms with Crippen molar-refractivity contribution in [1.29, 1.82) is 10.7 Å². The third-order valence-electron chi connectivity index (χ3n) is 1.85. The first kappa shape index (κ1) is 13.5. The highest BCUT2D eigenvalue weighted by atomic mass is 19.4. The van der Waals surface area contributed by atoms with Gasteiger partial charge in [0.05, 0.1) is 11.3 Å². The fourth-order valence-corrected chi connectivity index (χ4v) is 1.03. The van der Waals surface area contributed by atoms with Gasteiger partial charge in [-0.3, -0.25) is 10.8 Å². The molecule has 0 radical (unpaired) electrons. The van der Waals surface area contributed by atoms with Gasteiger partial charge in [0.15, 0.2) is 5.84 Å². The number of anilines is 1. The summed E-state index contributed by atoms with van der Waals surface area (Å²) < 4.78 is 37.2. The van der Waals surface area contributed by atoms with Crippen LogP contribution in [0.25, 0.3) is 0 Å². The van der Waals surface area contributed by atoms with Gasteiger partial charge in [0.1, 0.15) is 6.07 Å². The van der Waals surface area contributed by atoms with Gasteiger partial charge in [0.2, 0.25) is 5.71 Å². The summed E-state index contributed by atoms with van der Waals surface area (Å²) in [6.45, 7) is 0. The first-order chi connectivity index (χ1) is 8.34. The van der Waals surface area contributed by atoms with Gasteiger partial charge >= 0.3 is 6.18 Å². The lowest BCUT2D eigenvalue weighted by Crippen LogP contribution is -2.21. The molecule has 0 fully saturated rings. The molecule has 0 aromatic heterocycles. The van der Waals surface area contributed by atoms with Gasteiger partial charge in [0.25, 0.3) is 0 Å². The summed E-state index contributed by atoms with van der Waals surface area (Å²) in [5.74, 6) is -0.572. The predicted octanol–water partition coefficient (Wildman–Crippen LogP) is 1.93. The van der Waals surface area contributed by atoms with Gasteiger partial charge in [-0.1, -0.05) is 6.07 Å². The van der Waals surface area contributed by atoms with Gasteiger partial charge in [-0.2, -0.15) is 23.5 Å². The molecule has 0 aliphatic carbocycles. The topological polar surface area (TPSA) is 98.0 Å². The van der Waals surface area contributed by atoms with Crippen LogP contribution in [0.5, 0.6) is 0 Å². The van der Waals surface area contributed by atoms with Crippen LogP contribution in [-0.4, -0.2) is 11.5 Å². The van der Waals surface area contributed by atoms with Crippen molar-refractivity contribution < 1.29 is 13.2 Å². The molecule has 0 unspecified atom stereocenters. The standard InChI is InChI=1S/C10H8F3N5/c11-10(12,13)6-2-1-3-7(4-6)17-18-8(5-14)9(15)16/h1-4,17H,(H3,15,16)/b18-8+. The number of nitrogens with one attached hydrogen (secondary N) is 2. The summed E-state index contributed by atoms with van der Waals surface area (Å²) in [7, 11) is 0. The summed E-state index contributed by atoms with van der Waals surface area (Å²) in [4.78, 5) is 0. The molecule has 94 valence electrons. The largest absolute Gasteiger partial charge is 0.416 e. The predicted molar refractivity (Wildman–Crippen MR) is 60.0 cm³/mol. The lowest BCUT2D eigenvalue weighted by atomic mass is 10.2. The van der Waals surface area contributed by atoms with Crippen LogP contribution < -0.4 is 11.2 Å². The minimum absolute atomic E-state index is 0.0406. The molecule has 1 aromatic carbocycles. The number of nitrogens with zero attached hydrogens (tertiary/aromatic N) is 2. The Morgan fingerprint density at radius 1 is 1.44 bits per heavy atom. The molecule has 18 heavy (non-hydrogen) atoms. The quantitative estimate of drug-likeness (QED) is 0.437. The maximum Gasteiger partial charge on any atom is 0.416 e. The van der Waals surface area contributed by atoms with Crippen LogP contribution in [0.2, 0.25) is 0 Å². The summed E-state index contributed by atoms with van der Waals surface area (Å²) >= 11 is 0. The van der Waals surface area contributed by atoms with Crippen molar-refractivity contribution in [2.75, 3.05) is 5.43 Å². The molecule has 0 spiro atoms. The average molecular weight is 255 g/mol. The Kier molecular flexibility index (Phi) is 3.89. The number of hydrazone groups is 1. The second-order valence-corrected chi connectivity index (χ2v) is 3.18. The highest BCUT2D eigenvalue weighted by molar-refractivity contribution is 6.45. The molecule has 1 aromatic rings. The van der Waals surface area contributed by atoms with Crippen molar-refractivity contribution in [3.05, 3.63) is 29.8 Å². The number of halogens is 3.